The molecular formula is C12H25N3O2. The third kappa shape index (κ3) is 7.99. The van der Waals surface area contributed by atoms with E-state index in [1.807, 2.05) is 6.92 Å². The Bertz CT molecular complexity index is 218. The van der Waals surface area contributed by atoms with Gasteiger partial charge in [-0.3, -0.25) is 4.99 Å². The molecule has 0 unspecified atom stereocenters. The van der Waals surface area contributed by atoms with Crippen LogP contribution in [0.5, 0.6) is 0 Å². The molecule has 2 N–H and O–H groups in total. The molecule has 0 saturated heterocycles. The first-order valence-electron chi connectivity index (χ1n) is 6.46. The predicted molar refractivity (Wildman–Crippen MR) is 69.4 cm³/mol. The van der Waals surface area contributed by atoms with E-state index in [1.165, 1.54) is 12.8 Å². The van der Waals surface area contributed by atoms with Crippen molar-refractivity contribution in [3.8, 4) is 0 Å². The van der Waals surface area contributed by atoms with Gasteiger partial charge in [-0.2, -0.15) is 0 Å². The molecule has 0 radical (unpaired) electrons. The van der Waals surface area contributed by atoms with Gasteiger partial charge in [-0.25, -0.2) is 0 Å². The van der Waals surface area contributed by atoms with Gasteiger partial charge in [0, 0.05) is 33.4 Å². The Morgan fingerprint density at radius 2 is 1.82 bits per heavy atom. The van der Waals surface area contributed by atoms with Crippen molar-refractivity contribution in [2.45, 2.75) is 19.8 Å². The first-order chi connectivity index (χ1) is 8.36. The van der Waals surface area contributed by atoms with Crippen molar-refractivity contribution in [2.75, 3.05) is 46.6 Å². The molecule has 0 atom stereocenters. The van der Waals surface area contributed by atoms with Gasteiger partial charge in [0.15, 0.2) is 5.96 Å². The summed E-state index contributed by atoms with van der Waals surface area (Å²) in [5.74, 6) is 1.64. The zero-order valence-electron chi connectivity index (χ0n) is 11.0. The van der Waals surface area contributed by atoms with Crippen molar-refractivity contribution in [1.29, 1.82) is 0 Å². The molecule has 100 valence electrons. The van der Waals surface area contributed by atoms with E-state index in [0.717, 1.165) is 44.8 Å². The van der Waals surface area contributed by atoms with E-state index in [4.69, 9.17) is 9.47 Å². The van der Waals surface area contributed by atoms with Crippen molar-refractivity contribution < 1.29 is 9.47 Å². The summed E-state index contributed by atoms with van der Waals surface area (Å²) in [6.07, 6.45) is 2.68. The molecule has 5 heteroatoms. The summed E-state index contributed by atoms with van der Waals surface area (Å²) >= 11 is 0. The van der Waals surface area contributed by atoms with Gasteiger partial charge in [0.1, 0.15) is 0 Å². The number of aliphatic imine (C=N–C) groups is 1. The maximum atomic E-state index is 5.53. The minimum Gasteiger partial charge on any atom is -0.380 e. The van der Waals surface area contributed by atoms with E-state index in [0.29, 0.717) is 6.61 Å². The smallest absolute Gasteiger partial charge is 0.191 e. The summed E-state index contributed by atoms with van der Waals surface area (Å²) in [5, 5.41) is 6.37. The van der Waals surface area contributed by atoms with Crippen LogP contribution in [0.4, 0.5) is 0 Å². The molecular weight excluding hydrogens is 218 g/mol. The fraction of sp³-hybridized carbons (Fsp3) is 0.917. The largest absolute Gasteiger partial charge is 0.380 e. The van der Waals surface area contributed by atoms with E-state index in [2.05, 4.69) is 15.6 Å². The molecule has 0 aromatic rings. The summed E-state index contributed by atoms with van der Waals surface area (Å²) < 4.78 is 10.8. The Balaban J connectivity index is 1.90. The summed E-state index contributed by atoms with van der Waals surface area (Å²) in [5.41, 5.74) is 0. The van der Waals surface area contributed by atoms with Crippen LogP contribution >= 0.6 is 0 Å². The van der Waals surface area contributed by atoms with E-state index < -0.39 is 0 Å². The zero-order valence-corrected chi connectivity index (χ0v) is 11.0. The molecule has 0 aromatic heterocycles. The van der Waals surface area contributed by atoms with Gasteiger partial charge in [-0.1, -0.05) is 0 Å². The van der Waals surface area contributed by atoms with Crippen LogP contribution in [-0.4, -0.2) is 52.5 Å². The Morgan fingerprint density at radius 1 is 1.18 bits per heavy atom. The van der Waals surface area contributed by atoms with Gasteiger partial charge in [0.2, 0.25) is 0 Å². The molecule has 0 bridgehead atoms. The standard InChI is InChI=1S/C12H25N3O2/c1-3-16-8-6-14-12(13-2)15-7-9-17-10-11-4-5-11/h11H,3-10H2,1-2H3,(H2,13,14,15). The average molecular weight is 243 g/mol. The quantitative estimate of drug-likeness (QED) is 0.354. The van der Waals surface area contributed by atoms with Crippen LogP contribution < -0.4 is 10.6 Å². The van der Waals surface area contributed by atoms with E-state index >= 15 is 0 Å². The second-order valence-corrected chi connectivity index (χ2v) is 4.14. The molecule has 0 heterocycles. The van der Waals surface area contributed by atoms with Crippen LogP contribution in [0.15, 0.2) is 4.99 Å². The molecule has 0 amide bonds. The van der Waals surface area contributed by atoms with E-state index in [9.17, 15) is 0 Å². The van der Waals surface area contributed by atoms with Crippen LogP contribution in [-0.2, 0) is 9.47 Å². The molecule has 5 nitrogen and oxygen atoms in total. The second-order valence-electron chi connectivity index (χ2n) is 4.14. The summed E-state index contributed by atoms with van der Waals surface area (Å²) in [4.78, 5) is 4.11. The number of hydrogen-bond acceptors (Lipinski definition) is 3. The summed E-state index contributed by atoms with van der Waals surface area (Å²) in [6.45, 7) is 6.67. The van der Waals surface area contributed by atoms with Crippen molar-refractivity contribution in [3.05, 3.63) is 0 Å². The van der Waals surface area contributed by atoms with Gasteiger partial charge in [0.25, 0.3) is 0 Å². The van der Waals surface area contributed by atoms with Gasteiger partial charge in [0.05, 0.1) is 13.2 Å². The maximum Gasteiger partial charge on any atom is 0.191 e. The lowest BCUT2D eigenvalue weighted by Gasteiger charge is -2.11. The Morgan fingerprint density at radius 3 is 2.35 bits per heavy atom. The predicted octanol–water partition coefficient (Wildman–Crippen LogP) is 0.615. The number of nitrogens with zero attached hydrogens (tertiary/aromatic N) is 1. The van der Waals surface area contributed by atoms with Crippen LogP contribution in [0.25, 0.3) is 0 Å². The second kappa shape index (κ2) is 9.24. The van der Waals surface area contributed by atoms with E-state index in [1.54, 1.807) is 7.05 Å². The van der Waals surface area contributed by atoms with Crippen molar-refractivity contribution >= 4 is 5.96 Å². The highest BCUT2D eigenvalue weighted by Gasteiger charge is 2.20. The van der Waals surface area contributed by atoms with E-state index in [-0.39, 0.29) is 0 Å². The molecule has 1 fully saturated rings. The van der Waals surface area contributed by atoms with Crippen LogP contribution in [0.1, 0.15) is 19.8 Å². The van der Waals surface area contributed by atoms with Gasteiger partial charge in [-0.05, 0) is 25.7 Å². The topological polar surface area (TPSA) is 54.9 Å². The number of guanidine groups is 1. The summed E-state index contributed by atoms with van der Waals surface area (Å²) in [6, 6.07) is 0. The lowest BCUT2D eigenvalue weighted by Crippen LogP contribution is -2.40. The molecule has 0 spiro atoms. The van der Waals surface area contributed by atoms with Crippen LogP contribution in [0.2, 0.25) is 0 Å². The fourth-order valence-corrected chi connectivity index (χ4v) is 1.38. The number of ether oxygens (including phenoxy) is 2. The maximum absolute atomic E-state index is 5.53. The highest BCUT2D eigenvalue weighted by atomic mass is 16.5. The lowest BCUT2D eigenvalue weighted by atomic mass is 10.5. The molecule has 17 heavy (non-hydrogen) atoms. The van der Waals surface area contributed by atoms with Crippen molar-refractivity contribution in [3.63, 3.8) is 0 Å². The molecule has 1 aliphatic carbocycles. The molecule has 0 aliphatic heterocycles. The van der Waals surface area contributed by atoms with Gasteiger partial charge in [-0.15, -0.1) is 0 Å². The highest BCUT2D eigenvalue weighted by Crippen LogP contribution is 2.28. The number of rotatable bonds is 9. The molecule has 1 rings (SSSR count). The Labute approximate surface area is 104 Å². The first kappa shape index (κ1) is 14.3. The van der Waals surface area contributed by atoms with Crippen LogP contribution in [0, 0.1) is 5.92 Å². The fourth-order valence-electron chi connectivity index (χ4n) is 1.38. The number of hydrogen-bond donors (Lipinski definition) is 2. The third-order valence-corrected chi connectivity index (χ3v) is 2.56. The minimum absolute atomic E-state index is 0.704. The zero-order chi connectivity index (χ0) is 12.3. The third-order valence-electron chi connectivity index (χ3n) is 2.56. The number of nitrogens with one attached hydrogen (secondary N) is 2. The molecule has 1 aliphatic rings. The monoisotopic (exact) mass is 243 g/mol. The molecule has 1 saturated carbocycles. The van der Waals surface area contributed by atoms with Gasteiger partial charge < -0.3 is 20.1 Å². The normalized spacial score (nSPS) is 16.0. The highest BCUT2D eigenvalue weighted by molar-refractivity contribution is 5.79. The Kier molecular flexibility index (Phi) is 7.75. The average Bonchev–Trinajstić information content (AvgIpc) is 3.15. The van der Waals surface area contributed by atoms with Gasteiger partial charge >= 0.3 is 0 Å². The summed E-state index contributed by atoms with van der Waals surface area (Å²) in [7, 11) is 1.76. The minimum atomic E-state index is 0.704. The van der Waals surface area contributed by atoms with Crippen molar-refractivity contribution in [2.24, 2.45) is 10.9 Å². The lowest BCUT2D eigenvalue weighted by molar-refractivity contribution is 0.128. The Hall–Kier alpha value is -0.810. The SMILES string of the molecule is CCOCCNC(=NC)NCCOCC1CC1. The van der Waals surface area contributed by atoms with Crippen molar-refractivity contribution in [1.82, 2.24) is 10.6 Å². The molecule has 0 aromatic carbocycles. The van der Waals surface area contributed by atoms with Crippen LogP contribution in [0.3, 0.4) is 0 Å². The first-order valence-corrected chi connectivity index (χ1v) is 6.46.